The first-order valence-electron chi connectivity index (χ1n) is 13.5. The molecule has 10 nitrogen and oxygen atoms in total. The number of rotatable bonds is 7. The average Bonchev–Trinajstić information content (AvgIpc) is 2.91. The Labute approximate surface area is 245 Å². The predicted molar refractivity (Wildman–Crippen MR) is 150 cm³/mol. The second kappa shape index (κ2) is 11.3. The molecule has 232 valence electrons. The van der Waals surface area contributed by atoms with E-state index in [1.54, 1.807) is 11.9 Å². The van der Waals surface area contributed by atoms with Crippen molar-refractivity contribution in [3.8, 4) is 5.75 Å². The van der Waals surface area contributed by atoms with Gasteiger partial charge < -0.3 is 26.2 Å². The summed E-state index contributed by atoms with van der Waals surface area (Å²) in [4.78, 5) is 42.6. The number of benzene rings is 1. The number of halogens is 3. The van der Waals surface area contributed by atoms with Crippen molar-refractivity contribution in [1.29, 1.82) is 0 Å². The third-order valence-electron chi connectivity index (χ3n) is 8.66. The summed E-state index contributed by atoms with van der Waals surface area (Å²) in [6.07, 6.45) is -1.37. The monoisotopic (exact) mass is 605 g/mol. The number of hydrogen-bond acceptors (Lipinski definition) is 9. The highest BCUT2D eigenvalue weighted by Gasteiger charge is 2.63. The maximum atomic E-state index is 15.0. The van der Waals surface area contributed by atoms with E-state index < -0.39 is 92.4 Å². The highest BCUT2D eigenvalue weighted by Crippen LogP contribution is 2.53. The Bertz CT molecular complexity index is 1560. The van der Waals surface area contributed by atoms with Crippen LogP contribution in [0.1, 0.15) is 47.3 Å². The van der Waals surface area contributed by atoms with Crippen LogP contribution in [-0.2, 0) is 22.6 Å². The molecule has 0 aromatic heterocycles. The molecule has 0 spiro atoms. The predicted octanol–water partition coefficient (Wildman–Crippen LogP) is 3.05. The Morgan fingerprint density at radius 1 is 1.16 bits per heavy atom. The number of Topliss-reactive ketones (excluding diaryl/α,β-unsaturated/α-hetero) is 2. The highest BCUT2D eigenvalue weighted by molar-refractivity contribution is 6.24. The zero-order valence-corrected chi connectivity index (χ0v) is 24.3. The number of carbonyl (C=O) groups is 3. The largest absolute Gasteiger partial charge is 0.510 e. The molecular weight excluding hydrogens is 571 g/mol. The van der Waals surface area contributed by atoms with E-state index in [2.05, 4.69) is 0 Å². The lowest BCUT2D eigenvalue weighted by atomic mass is 9.58. The van der Waals surface area contributed by atoms with Crippen LogP contribution in [0.25, 0.3) is 5.83 Å². The molecule has 0 fully saturated rings. The summed E-state index contributed by atoms with van der Waals surface area (Å²) in [5.74, 6) is -10.6. The molecule has 4 rings (SSSR count). The summed E-state index contributed by atoms with van der Waals surface area (Å²) in [6, 6.07) is -0.164. The van der Waals surface area contributed by atoms with Crippen LogP contribution in [0.15, 0.2) is 46.5 Å². The molecular formula is C30H34F3N3O7. The van der Waals surface area contributed by atoms with E-state index in [1.165, 1.54) is 19.0 Å². The molecule has 0 radical (unpaired) electrons. The number of nitrogens with zero attached hydrogens (tertiary/aromatic N) is 2. The van der Waals surface area contributed by atoms with Crippen LogP contribution in [0.2, 0.25) is 0 Å². The van der Waals surface area contributed by atoms with Crippen LogP contribution in [0.5, 0.6) is 5.75 Å². The van der Waals surface area contributed by atoms with Crippen molar-refractivity contribution in [3.05, 3.63) is 68.7 Å². The quantitative estimate of drug-likeness (QED) is 0.232. The molecule has 0 heterocycles. The van der Waals surface area contributed by atoms with Gasteiger partial charge in [0.1, 0.15) is 22.8 Å². The number of aromatic hydroxyl groups is 1. The third-order valence-corrected chi connectivity index (χ3v) is 8.66. The number of ketones is 2. The summed E-state index contributed by atoms with van der Waals surface area (Å²) < 4.78 is 42.2. The molecule has 43 heavy (non-hydrogen) atoms. The molecule has 3 aliphatic rings. The lowest BCUT2D eigenvalue weighted by molar-refractivity contribution is -0.148. The number of aliphatic hydroxyl groups excluding tert-OH is 2. The standard InChI is InChI=1S/C30H34F3N3O7/c1-6-12(2)10-36(5)11-14-8-16(21(31)28(32)33)15-7-13-9-17-22(35(3)4)25(39)20(29(34)42)27(41)30(17,43)26(40)18(13)24(38)19(15)23(14)37/h6,8,13,17,22,37,39-40,43H,7,9-11H2,1-5H3,(H2,34,42)/b12-6+/t13-,17-,22-,30-/m0/s1. The van der Waals surface area contributed by atoms with Gasteiger partial charge in [0, 0.05) is 35.7 Å². The number of allylic oxidation sites excluding steroid dienone is 2. The maximum absolute atomic E-state index is 15.0. The lowest BCUT2D eigenvalue weighted by Crippen LogP contribution is -2.63. The van der Waals surface area contributed by atoms with Crippen LogP contribution in [0.4, 0.5) is 13.2 Å². The van der Waals surface area contributed by atoms with Gasteiger partial charge in [-0.2, -0.15) is 8.78 Å². The van der Waals surface area contributed by atoms with Crippen LogP contribution >= 0.6 is 0 Å². The smallest absolute Gasteiger partial charge is 0.306 e. The molecule has 0 saturated carbocycles. The minimum absolute atomic E-state index is 0.0406. The Morgan fingerprint density at radius 2 is 1.79 bits per heavy atom. The molecule has 0 bridgehead atoms. The molecule has 1 amide bonds. The summed E-state index contributed by atoms with van der Waals surface area (Å²) >= 11 is 0. The first-order valence-corrected chi connectivity index (χ1v) is 13.5. The van der Waals surface area contributed by atoms with E-state index in [9.17, 15) is 48.0 Å². The number of aliphatic hydroxyl groups is 3. The van der Waals surface area contributed by atoms with Crippen molar-refractivity contribution in [3.63, 3.8) is 0 Å². The fourth-order valence-corrected chi connectivity index (χ4v) is 6.66. The van der Waals surface area contributed by atoms with Gasteiger partial charge in [0.05, 0.1) is 11.6 Å². The number of phenolic OH excluding ortho intramolecular Hbond substituents is 1. The van der Waals surface area contributed by atoms with Crippen molar-refractivity contribution in [2.75, 3.05) is 27.7 Å². The number of amides is 1. The summed E-state index contributed by atoms with van der Waals surface area (Å²) in [5, 5.41) is 45.2. The molecule has 1 aromatic carbocycles. The van der Waals surface area contributed by atoms with Crippen molar-refractivity contribution < 1.29 is 48.0 Å². The van der Waals surface area contributed by atoms with Gasteiger partial charge in [0.25, 0.3) is 5.91 Å². The van der Waals surface area contributed by atoms with E-state index in [0.29, 0.717) is 6.54 Å². The van der Waals surface area contributed by atoms with Gasteiger partial charge >= 0.3 is 6.08 Å². The van der Waals surface area contributed by atoms with E-state index in [-0.39, 0.29) is 30.5 Å². The van der Waals surface area contributed by atoms with Gasteiger partial charge in [-0.05, 0) is 65.4 Å². The molecule has 4 atom stereocenters. The van der Waals surface area contributed by atoms with Crippen molar-refractivity contribution >= 4 is 23.3 Å². The number of likely N-dealkylation sites (N-methyl/N-ethyl adjacent to an activating group) is 2. The maximum Gasteiger partial charge on any atom is 0.306 e. The first-order chi connectivity index (χ1) is 20.0. The number of carbonyl (C=O) groups excluding carboxylic acids is 3. The molecule has 0 unspecified atom stereocenters. The zero-order valence-electron chi connectivity index (χ0n) is 24.3. The number of fused-ring (bicyclic) bond motifs is 3. The normalized spacial score (nSPS) is 25.7. The van der Waals surface area contributed by atoms with Gasteiger partial charge in [-0.3, -0.25) is 24.2 Å². The van der Waals surface area contributed by atoms with Gasteiger partial charge in [0.2, 0.25) is 5.78 Å². The van der Waals surface area contributed by atoms with Gasteiger partial charge in [-0.1, -0.05) is 11.6 Å². The van der Waals surface area contributed by atoms with Crippen molar-refractivity contribution in [2.45, 2.75) is 44.9 Å². The average molecular weight is 606 g/mol. The van der Waals surface area contributed by atoms with E-state index in [0.717, 1.165) is 11.6 Å². The Kier molecular flexibility index (Phi) is 8.39. The van der Waals surface area contributed by atoms with Crippen LogP contribution in [-0.4, -0.2) is 87.0 Å². The second-order valence-corrected chi connectivity index (χ2v) is 11.6. The van der Waals surface area contributed by atoms with E-state index in [4.69, 9.17) is 5.73 Å². The molecule has 0 aliphatic heterocycles. The third kappa shape index (κ3) is 4.94. The van der Waals surface area contributed by atoms with Gasteiger partial charge in [0.15, 0.2) is 17.2 Å². The van der Waals surface area contributed by atoms with E-state index in [1.807, 2.05) is 19.9 Å². The van der Waals surface area contributed by atoms with Crippen LogP contribution < -0.4 is 5.73 Å². The number of nitrogens with two attached hydrogens (primary N) is 1. The number of hydrogen-bond donors (Lipinski definition) is 5. The minimum Gasteiger partial charge on any atom is -0.510 e. The van der Waals surface area contributed by atoms with Crippen molar-refractivity contribution in [1.82, 2.24) is 9.80 Å². The van der Waals surface area contributed by atoms with E-state index >= 15 is 0 Å². The molecule has 3 aliphatic carbocycles. The summed E-state index contributed by atoms with van der Waals surface area (Å²) in [5.41, 5.74) is 0.586. The number of primary amides is 1. The molecule has 13 heteroatoms. The summed E-state index contributed by atoms with van der Waals surface area (Å²) in [6.45, 7) is 4.01. The molecule has 1 aromatic rings. The fraction of sp³-hybridized carbons (Fsp3) is 0.433. The van der Waals surface area contributed by atoms with Crippen LogP contribution in [0, 0.1) is 11.8 Å². The van der Waals surface area contributed by atoms with Gasteiger partial charge in [-0.15, -0.1) is 0 Å². The minimum atomic E-state index is -2.86. The zero-order chi connectivity index (χ0) is 32.3. The fourth-order valence-electron chi connectivity index (χ4n) is 6.66. The summed E-state index contributed by atoms with van der Waals surface area (Å²) in [7, 11) is 4.62. The highest BCUT2D eigenvalue weighted by atomic mass is 19.3. The van der Waals surface area contributed by atoms with Crippen molar-refractivity contribution in [2.24, 2.45) is 17.6 Å². The second-order valence-electron chi connectivity index (χ2n) is 11.6. The Balaban J connectivity index is 1.96. The Morgan fingerprint density at radius 3 is 2.33 bits per heavy atom. The number of phenols is 1. The molecule has 0 saturated heterocycles. The first kappa shape index (κ1) is 32.0. The SMILES string of the molecule is C/C=C(\C)CN(C)Cc1cc(C(F)=C(F)F)c2c(c1O)C(=O)C1=C(O)[C@]3(O)C(=O)C(C(N)=O)=C(O)[C@@H](N(C)C)[C@@H]3C[C@@H]1C2. The molecule has 6 N–H and O–H groups in total. The van der Waals surface area contributed by atoms with Gasteiger partial charge in [-0.25, -0.2) is 4.39 Å². The van der Waals surface area contributed by atoms with Crippen LogP contribution in [0.3, 0.4) is 0 Å². The lowest BCUT2D eigenvalue weighted by Gasteiger charge is -2.50. The Hall–Kier alpha value is -3.94. The topological polar surface area (TPSA) is 165 Å².